The number of para-hydroxylation sites is 3. The van der Waals surface area contributed by atoms with Crippen molar-refractivity contribution in [3.63, 3.8) is 0 Å². The molecule has 0 saturated carbocycles. The van der Waals surface area contributed by atoms with Crippen LogP contribution in [0.25, 0.3) is 71.3 Å². The molecule has 3 heteroatoms. The summed E-state index contributed by atoms with van der Waals surface area (Å²) >= 11 is 0. The zero-order valence-electron chi connectivity index (χ0n) is 26.6. The predicted octanol–water partition coefficient (Wildman–Crippen LogP) is 13.0. The zero-order chi connectivity index (χ0) is 32.3. The van der Waals surface area contributed by atoms with Gasteiger partial charge in [-0.1, -0.05) is 115 Å². The van der Waals surface area contributed by atoms with Crippen LogP contribution in [-0.4, -0.2) is 4.57 Å². The maximum atomic E-state index is 6.63. The minimum absolute atomic E-state index is 0.887. The molecule has 10 aromatic rings. The molecule has 0 fully saturated rings. The molecule has 0 amide bonds. The van der Waals surface area contributed by atoms with Crippen LogP contribution >= 0.6 is 0 Å². The standard InChI is InChI=1S/C46H30N2O/c1-4-14-31(15-5-1)32-24-27-45-40(28-32)41-30-44(36-20-10-11-22-38(36)46(41)49-45)47(33-16-6-2-7-17-33)35-25-26-43-39(29-35)37-21-12-13-23-42(37)48(43)34-18-8-3-9-19-34/h1-30H. The van der Waals surface area contributed by atoms with Crippen molar-refractivity contribution in [1.82, 2.24) is 4.57 Å². The van der Waals surface area contributed by atoms with E-state index in [2.05, 4.69) is 191 Å². The first kappa shape index (κ1) is 27.5. The van der Waals surface area contributed by atoms with Crippen LogP contribution in [0.15, 0.2) is 186 Å². The van der Waals surface area contributed by atoms with Gasteiger partial charge in [-0.25, -0.2) is 0 Å². The molecule has 230 valence electrons. The topological polar surface area (TPSA) is 21.3 Å². The van der Waals surface area contributed by atoms with Crippen LogP contribution in [0.3, 0.4) is 0 Å². The van der Waals surface area contributed by atoms with Gasteiger partial charge in [-0.15, -0.1) is 0 Å². The van der Waals surface area contributed by atoms with Gasteiger partial charge in [-0.2, -0.15) is 0 Å². The Morgan fingerprint density at radius 1 is 0.388 bits per heavy atom. The van der Waals surface area contributed by atoms with Crippen LogP contribution < -0.4 is 4.90 Å². The van der Waals surface area contributed by atoms with E-state index < -0.39 is 0 Å². The molecular formula is C46H30N2O. The lowest BCUT2D eigenvalue weighted by Gasteiger charge is -2.27. The maximum Gasteiger partial charge on any atom is 0.143 e. The minimum Gasteiger partial charge on any atom is -0.455 e. The monoisotopic (exact) mass is 626 g/mol. The van der Waals surface area contributed by atoms with E-state index in [0.717, 1.165) is 55.5 Å². The van der Waals surface area contributed by atoms with Crippen LogP contribution in [0.5, 0.6) is 0 Å². The van der Waals surface area contributed by atoms with Crippen molar-refractivity contribution in [1.29, 1.82) is 0 Å². The van der Waals surface area contributed by atoms with Gasteiger partial charge in [0.1, 0.15) is 11.2 Å². The molecule has 3 nitrogen and oxygen atoms in total. The molecule has 0 aliphatic rings. The second-order valence-corrected chi connectivity index (χ2v) is 12.6. The highest BCUT2D eigenvalue weighted by atomic mass is 16.3. The van der Waals surface area contributed by atoms with Crippen LogP contribution in [0, 0.1) is 0 Å². The van der Waals surface area contributed by atoms with Gasteiger partial charge >= 0.3 is 0 Å². The van der Waals surface area contributed by atoms with E-state index in [1.807, 2.05) is 0 Å². The number of furan rings is 1. The first-order valence-electron chi connectivity index (χ1n) is 16.7. The summed E-state index contributed by atoms with van der Waals surface area (Å²) in [6.07, 6.45) is 0. The average molecular weight is 627 g/mol. The van der Waals surface area contributed by atoms with E-state index in [9.17, 15) is 0 Å². The Morgan fingerprint density at radius 3 is 1.84 bits per heavy atom. The smallest absolute Gasteiger partial charge is 0.143 e. The molecule has 0 radical (unpaired) electrons. The average Bonchev–Trinajstić information content (AvgIpc) is 3.71. The summed E-state index contributed by atoms with van der Waals surface area (Å²) in [5.74, 6) is 0. The van der Waals surface area contributed by atoms with E-state index in [-0.39, 0.29) is 0 Å². The van der Waals surface area contributed by atoms with Crippen molar-refractivity contribution in [3.8, 4) is 16.8 Å². The van der Waals surface area contributed by atoms with Gasteiger partial charge in [0.15, 0.2) is 0 Å². The van der Waals surface area contributed by atoms with Crippen molar-refractivity contribution in [2.45, 2.75) is 0 Å². The van der Waals surface area contributed by atoms with Crippen molar-refractivity contribution in [2.24, 2.45) is 0 Å². The van der Waals surface area contributed by atoms with Crippen LogP contribution in [-0.2, 0) is 0 Å². The summed E-state index contributed by atoms with van der Waals surface area (Å²) in [6.45, 7) is 0. The summed E-state index contributed by atoms with van der Waals surface area (Å²) in [7, 11) is 0. The highest BCUT2D eigenvalue weighted by molar-refractivity contribution is 6.20. The molecule has 8 aromatic carbocycles. The van der Waals surface area contributed by atoms with E-state index in [4.69, 9.17) is 4.42 Å². The number of hydrogen-bond acceptors (Lipinski definition) is 2. The molecule has 0 spiro atoms. The number of hydrogen-bond donors (Lipinski definition) is 0. The number of aromatic nitrogens is 1. The Labute approximate surface area is 283 Å². The molecule has 10 rings (SSSR count). The summed E-state index contributed by atoms with van der Waals surface area (Å²) in [6, 6.07) is 64.9. The third-order valence-corrected chi connectivity index (χ3v) is 9.75. The first-order chi connectivity index (χ1) is 24.3. The molecule has 0 saturated heterocycles. The lowest BCUT2D eigenvalue weighted by atomic mass is 9.99. The Morgan fingerprint density at radius 2 is 1.04 bits per heavy atom. The second-order valence-electron chi connectivity index (χ2n) is 12.6. The fourth-order valence-corrected chi connectivity index (χ4v) is 7.53. The van der Waals surface area contributed by atoms with Gasteiger partial charge in [0.25, 0.3) is 0 Å². The highest BCUT2D eigenvalue weighted by Gasteiger charge is 2.22. The lowest BCUT2D eigenvalue weighted by Crippen LogP contribution is -2.10. The van der Waals surface area contributed by atoms with Crippen molar-refractivity contribution < 1.29 is 4.42 Å². The molecule has 0 unspecified atom stereocenters. The third-order valence-electron chi connectivity index (χ3n) is 9.75. The van der Waals surface area contributed by atoms with Gasteiger partial charge in [-0.05, 0) is 77.9 Å². The molecule has 0 N–H and O–H groups in total. The summed E-state index contributed by atoms with van der Waals surface area (Å²) < 4.78 is 9.00. The molecule has 2 heterocycles. The fraction of sp³-hybridized carbons (Fsp3) is 0. The molecule has 0 aliphatic carbocycles. The molecule has 0 atom stereocenters. The molecule has 0 aliphatic heterocycles. The summed E-state index contributed by atoms with van der Waals surface area (Å²) in [5, 5.41) is 6.88. The Kier molecular flexibility index (Phi) is 6.18. The van der Waals surface area contributed by atoms with Gasteiger partial charge < -0.3 is 13.9 Å². The molecular weight excluding hydrogens is 597 g/mol. The van der Waals surface area contributed by atoms with Gasteiger partial charge in [-0.3, -0.25) is 0 Å². The SMILES string of the molecule is c1ccc(-c2ccc3oc4c5ccccc5c(N(c5ccccc5)c5ccc6c(c5)c5ccccc5n6-c5ccccc5)cc4c3c2)cc1. The van der Waals surface area contributed by atoms with Gasteiger partial charge in [0.05, 0.1) is 16.7 Å². The van der Waals surface area contributed by atoms with Crippen LogP contribution in [0.1, 0.15) is 0 Å². The van der Waals surface area contributed by atoms with Crippen LogP contribution in [0.4, 0.5) is 17.1 Å². The fourth-order valence-electron chi connectivity index (χ4n) is 7.53. The zero-order valence-corrected chi connectivity index (χ0v) is 26.6. The maximum absolute atomic E-state index is 6.63. The summed E-state index contributed by atoms with van der Waals surface area (Å²) in [5.41, 5.74) is 11.0. The first-order valence-corrected chi connectivity index (χ1v) is 16.7. The van der Waals surface area contributed by atoms with E-state index in [1.54, 1.807) is 0 Å². The van der Waals surface area contributed by atoms with E-state index in [1.165, 1.54) is 32.9 Å². The number of rotatable bonds is 5. The van der Waals surface area contributed by atoms with E-state index in [0.29, 0.717) is 0 Å². The van der Waals surface area contributed by atoms with Crippen LogP contribution in [0.2, 0.25) is 0 Å². The molecule has 49 heavy (non-hydrogen) atoms. The molecule has 0 bridgehead atoms. The van der Waals surface area contributed by atoms with Gasteiger partial charge in [0, 0.05) is 49.4 Å². The number of fused-ring (bicyclic) bond motifs is 8. The summed E-state index contributed by atoms with van der Waals surface area (Å²) in [4.78, 5) is 2.40. The van der Waals surface area contributed by atoms with Crippen molar-refractivity contribution >= 4 is 71.6 Å². The lowest BCUT2D eigenvalue weighted by molar-refractivity contribution is 0.672. The number of anilines is 3. The Balaban J connectivity index is 1.26. The minimum atomic E-state index is 0.887. The third kappa shape index (κ3) is 4.37. The highest BCUT2D eigenvalue weighted by Crippen LogP contribution is 2.46. The number of nitrogens with zero attached hydrogens (tertiary/aromatic N) is 2. The van der Waals surface area contributed by atoms with Gasteiger partial charge in [0.2, 0.25) is 0 Å². The Bertz CT molecular complexity index is 2810. The van der Waals surface area contributed by atoms with Crippen molar-refractivity contribution in [2.75, 3.05) is 4.90 Å². The van der Waals surface area contributed by atoms with Crippen molar-refractivity contribution in [3.05, 3.63) is 182 Å². The molecule has 2 aromatic heterocycles. The number of benzene rings is 8. The largest absolute Gasteiger partial charge is 0.455 e. The normalized spacial score (nSPS) is 11.7. The quantitative estimate of drug-likeness (QED) is 0.190. The Hall–Kier alpha value is -6.58. The second kappa shape index (κ2) is 11.0. The van der Waals surface area contributed by atoms with E-state index >= 15 is 0 Å². The predicted molar refractivity (Wildman–Crippen MR) is 206 cm³/mol.